The van der Waals surface area contributed by atoms with E-state index in [0.717, 1.165) is 12.2 Å². The summed E-state index contributed by atoms with van der Waals surface area (Å²) >= 11 is 1.44. The Bertz CT molecular complexity index is 670. The highest BCUT2D eigenvalue weighted by atomic mass is 32.1. The van der Waals surface area contributed by atoms with Crippen LogP contribution in [-0.4, -0.2) is 33.5 Å². The summed E-state index contributed by atoms with van der Waals surface area (Å²) in [5, 5.41) is 15.2. The molecule has 0 radical (unpaired) electrons. The smallest absolute Gasteiger partial charge is 0.223 e. The van der Waals surface area contributed by atoms with Crippen LogP contribution < -0.4 is 5.32 Å². The summed E-state index contributed by atoms with van der Waals surface area (Å²) in [6.07, 6.45) is 2.37. The molecule has 3 rings (SSSR count). The van der Waals surface area contributed by atoms with Gasteiger partial charge < -0.3 is 10.4 Å². The highest BCUT2D eigenvalue weighted by molar-refractivity contribution is 7.13. The number of nitrogens with zero attached hydrogens (tertiary/aromatic N) is 2. The second-order valence-corrected chi connectivity index (χ2v) is 7.16. The number of carbonyl (C=O) groups is 1. The monoisotopic (exact) mass is 345 g/mol. The van der Waals surface area contributed by atoms with Crippen molar-refractivity contribution in [3.8, 4) is 0 Å². The van der Waals surface area contributed by atoms with Gasteiger partial charge in [-0.15, -0.1) is 11.3 Å². The first kappa shape index (κ1) is 17.1. The van der Waals surface area contributed by atoms with Crippen LogP contribution in [0.4, 0.5) is 5.13 Å². The molecule has 0 aliphatic heterocycles. The van der Waals surface area contributed by atoms with E-state index in [0.29, 0.717) is 17.6 Å². The van der Waals surface area contributed by atoms with Crippen molar-refractivity contribution in [3.05, 3.63) is 47.0 Å². The van der Waals surface area contributed by atoms with E-state index < -0.39 is 0 Å². The second kappa shape index (κ2) is 7.88. The molecular formula is C18H23N3O2S. The zero-order chi connectivity index (χ0) is 16.9. The number of anilines is 1. The molecule has 24 heavy (non-hydrogen) atoms. The maximum Gasteiger partial charge on any atom is 0.223 e. The summed E-state index contributed by atoms with van der Waals surface area (Å²) in [7, 11) is 0. The van der Waals surface area contributed by atoms with E-state index in [9.17, 15) is 9.90 Å². The molecule has 1 aliphatic carbocycles. The molecule has 1 amide bonds. The van der Waals surface area contributed by atoms with E-state index in [1.165, 1.54) is 36.7 Å². The van der Waals surface area contributed by atoms with Gasteiger partial charge in [-0.3, -0.25) is 9.69 Å². The number of carbonyl (C=O) groups excluding carboxylic acids is 1. The van der Waals surface area contributed by atoms with Crippen LogP contribution >= 0.6 is 11.3 Å². The Labute approximate surface area is 146 Å². The number of aliphatic hydroxyl groups excluding tert-OH is 1. The quantitative estimate of drug-likeness (QED) is 0.772. The van der Waals surface area contributed by atoms with Crippen molar-refractivity contribution in [3.63, 3.8) is 0 Å². The van der Waals surface area contributed by atoms with Crippen LogP contribution in [0.15, 0.2) is 35.7 Å². The normalized spacial score (nSPS) is 15.5. The number of thiazole rings is 1. The number of nitrogens with one attached hydrogen (secondary N) is 1. The number of rotatable bonds is 8. The van der Waals surface area contributed by atoms with Gasteiger partial charge in [-0.05, 0) is 24.3 Å². The van der Waals surface area contributed by atoms with Crippen LogP contribution in [0.3, 0.4) is 0 Å². The van der Waals surface area contributed by atoms with Gasteiger partial charge in [0.1, 0.15) is 0 Å². The van der Waals surface area contributed by atoms with Gasteiger partial charge in [-0.25, -0.2) is 4.98 Å². The van der Waals surface area contributed by atoms with Crippen molar-refractivity contribution in [2.75, 3.05) is 11.9 Å². The SMILES string of the molecule is CC(=O)Nc1nc(CN(Cc2ccccc2)C(CO)C2CC2)cs1. The van der Waals surface area contributed by atoms with Crippen molar-refractivity contribution in [1.82, 2.24) is 9.88 Å². The van der Waals surface area contributed by atoms with E-state index in [-0.39, 0.29) is 18.6 Å². The van der Waals surface area contributed by atoms with Gasteiger partial charge in [0.05, 0.1) is 12.3 Å². The van der Waals surface area contributed by atoms with Crippen molar-refractivity contribution in [2.45, 2.75) is 38.9 Å². The first-order valence-corrected chi connectivity index (χ1v) is 9.14. The van der Waals surface area contributed by atoms with Gasteiger partial charge in [0.25, 0.3) is 0 Å². The minimum atomic E-state index is -0.108. The number of amides is 1. The molecular weight excluding hydrogens is 322 g/mol. The predicted octanol–water partition coefficient (Wildman–Crippen LogP) is 2.87. The van der Waals surface area contributed by atoms with Crippen molar-refractivity contribution >= 4 is 22.4 Å². The fourth-order valence-corrected chi connectivity index (χ4v) is 3.70. The third-order valence-corrected chi connectivity index (χ3v) is 5.06. The molecule has 1 fully saturated rings. The third kappa shape index (κ3) is 4.63. The summed E-state index contributed by atoms with van der Waals surface area (Å²) in [4.78, 5) is 17.9. The first-order chi connectivity index (χ1) is 11.7. The van der Waals surface area contributed by atoms with Crippen LogP contribution in [0.5, 0.6) is 0 Å². The first-order valence-electron chi connectivity index (χ1n) is 8.26. The van der Waals surface area contributed by atoms with E-state index in [4.69, 9.17) is 0 Å². The molecule has 1 aromatic carbocycles. The predicted molar refractivity (Wildman–Crippen MR) is 95.7 cm³/mol. The Hall–Kier alpha value is -1.76. The van der Waals surface area contributed by atoms with Crippen LogP contribution in [0, 0.1) is 5.92 Å². The van der Waals surface area contributed by atoms with Gasteiger partial charge in [-0.1, -0.05) is 30.3 Å². The molecule has 5 nitrogen and oxygen atoms in total. The Morgan fingerprint density at radius 3 is 2.75 bits per heavy atom. The average Bonchev–Trinajstić information content (AvgIpc) is 3.30. The van der Waals surface area contributed by atoms with Crippen LogP contribution in [0.2, 0.25) is 0 Å². The third-order valence-electron chi connectivity index (χ3n) is 4.25. The van der Waals surface area contributed by atoms with Gasteiger partial charge in [0.15, 0.2) is 5.13 Å². The molecule has 0 saturated heterocycles. The molecule has 2 N–H and O–H groups in total. The number of benzene rings is 1. The molecule has 6 heteroatoms. The van der Waals surface area contributed by atoms with Gasteiger partial charge >= 0.3 is 0 Å². The molecule has 0 spiro atoms. The van der Waals surface area contributed by atoms with Crippen molar-refractivity contribution in [1.29, 1.82) is 0 Å². The lowest BCUT2D eigenvalue weighted by molar-refractivity contribution is -0.114. The maximum absolute atomic E-state index is 11.2. The van der Waals surface area contributed by atoms with Crippen LogP contribution in [-0.2, 0) is 17.9 Å². The van der Waals surface area contributed by atoms with E-state index in [1.54, 1.807) is 0 Å². The van der Waals surface area contributed by atoms with Gasteiger partial charge in [0.2, 0.25) is 5.91 Å². The Morgan fingerprint density at radius 2 is 2.12 bits per heavy atom. The minimum absolute atomic E-state index is 0.108. The average molecular weight is 345 g/mol. The lowest BCUT2D eigenvalue weighted by Crippen LogP contribution is -2.38. The van der Waals surface area contributed by atoms with Crippen molar-refractivity contribution in [2.24, 2.45) is 5.92 Å². The summed E-state index contributed by atoms with van der Waals surface area (Å²) < 4.78 is 0. The minimum Gasteiger partial charge on any atom is -0.395 e. The molecule has 1 heterocycles. The number of aliphatic hydroxyl groups is 1. The van der Waals surface area contributed by atoms with Gasteiger partial charge in [-0.2, -0.15) is 0 Å². The zero-order valence-electron chi connectivity index (χ0n) is 13.8. The maximum atomic E-state index is 11.2. The lowest BCUT2D eigenvalue weighted by atomic mass is 10.1. The molecule has 2 aromatic rings. The number of hydrogen-bond donors (Lipinski definition) is 2. The van der Waals surface area contributed by atoms with Crippen LogP contribution in [0.25, 0.3) is 0 Å². The largest absolute Gasteiger partial charge is 0.395 e. The number of hydrogen-bond acceptors (Lipinski definition) is 5. The Morgan fingerprint density at radius 1 is 1.38 bits per heavy atom. The molecule has 1 unspecified atom stereocenters. The Balaban J connectivity index is 1.73. The van der Waals surface area contributed by atoms with E-state index >= 15 is 0 Å². The summed E-state index contributed by atoms with van der Waals surface area (Å²) in [5.41, 5.74) is 2.16. The van der Waals surface area contributed by atoms with Gasteiger partial charge in [0, 0.05) is 31.4 Å². The molecule has 1 aliphatic rings. The molecule has 1 atom stereocenters. The lowest BCUT2D eigenvalue weighted by Gasteiger charge is -2.30. The molecule has 0 bridgehead atoms. The van der Waals surface area contributed by atoms with E-state index in [1.807, 2.05) is 23.6 Å². The Kier molecular flexibility index (Phi) is 5.60. The van der Waals surface area contributed by atoms with E-state index in [2.05, 4.69) is 27.3 Å². The zero-order valence-corrected chi connectivity index (χ0v) is 14.6. The van der Waals surface area contributed by atoms with Crippen molar-refractivity contribution < 1.29 is 9.90 Å². The molecule has 128 valence electrons. The fourth-order valence-electron chi connectivity index (χ4n) is 2.95. The highest BCUT2D eigenvalue weighted by Crippen LogP contribution is 2.36. The number of aromatic nitrogens is 1. The fraction of sp³-hybridized carbons (Fsp3) is 0.444. The summed E-state index contributed by atoms with van der Waals surface area (Å²) in [6, 6.07) is 10.5. The summed E-state index contributed by atoms with van der Waals surface area (Å²) in [6.45, 7) is 3.11. The topological polar surface area (TPSA) is 65.5 Å². The molecule has 1 aromatic heterocycles. The second-order valence-electron chi connectivity index (χ2n) is 6.30. The highest BCUT2D eigenvalue weighted by Gasteiger charge is 2.35. The summed E-state index contributed by atoms with van der Waals surface area (Å²) in [5.74, 6) is 0.468. The molecule has 1 saturated carbocycles. The van der Waals surface area contributed by atoms with Crippen LogP contribution in [0.1, 0.15) is 31.0 Å². The standard InChI is InChI=1S/C18H23N3O2S/c1-13(23)19-18-20-16(12-24-18)10-21(17(11-22)15-7-8-15)9-14-5-3-2-4-6-14/h2-6,12,15,17,22H,7-11H2,1H3,(H,19,20,23).